The summed E-state index contributed by atoms with van der Waals surface area (Å²) in [5, 5.41) is 11.4. The fourth-order valence-electron chi connectivity index (χ4n) is 3.44. The Bertz CT molecular complexity index is 1300. The number of hydrogen-bond acceptors (Lipinski definition) is 5. The first kappa shape index (κ1) is 19.9. The molecule has 31 heavy (non-hydrogen) atoms. The van der Waals surface area contributed by atoms with Gasteiger partial charge in [-0.2, -0.15) is 8.78 Å². The zero-order valence-electron chi connectivity index (χ0n) is 16.2. The monoisotopic (exact) mass is 453 g/mol. The molecule has 0 fully saturated rings. The van der Waals surface area contributed by atoms with Gasteiger partial charge in [0.2, 0.25) is 0 Å². The van der Waals surface area contributed by atoms with Gasteiger partial charge in [0.15, 0.2) is 11.0 Å². The van der Waals surface area contributed by atoms with E-state index in [9.17, 15) is 8.78 Å². The molecule has 5 nitrogen and oxygen atoms in total. The Morgan fingerprint density at radius 1 is 0.935 bits per heavy atom. The Morgan fingerprint density at radius 2 is 1.74 bits per heavy atom. The summed E-state index contributed by atoms with van der Waals surface area (Å²) >= 11 is 2.95. The molecule has 9 heteroatoms. The van der Waals surface area contributed by atoms with Crippen LogP contribution in [0, 0.1) is 0 Å². The number of nitrogens with zero attached hydrogens (tertiary/aromatic N) is 5. The van der Waals surface area contributed by atoms with E-state index in [1.54, 1.807) is 35.6 Å². The average Bonchev–Trinajstić information content (AvgIpc) is 3.51. The number of thioether (sulfide) groups is 1. The molecule has 0 aliphatic rings. The molecule has 3 aromatic heterocycles. The van der Waals surface area contributed by atoms with E-state index in [0.717, 1.165) is 20.8 Å². The highest BCUT2D eigenvalue weighted by atomic mass is 32.2. The molecule has 0 unspecified atom stereocenters. The highest BCUT2D eigenvalue weighted by Gasteiger charge is 2.20. The van der Waals surface area contributed by atoms with E-state index in [-0.39, 0.29) is 5.75 Å². The van der Waals surface area contributed by atoms with Crippen LogP contribution in [0.15, 0.2) is 77.3 Å². The number of benzene rings is 2. The quantitative estimate of drug-likeness (QED) is 0.280. The van der Waals surface area contributed by atoms with E-state index in [2.05, 4.69) is 15.2 Å². The van der Waals surface area contributed by atoms with Crippen LogP contribution in [-0.2, 0) is 12.3 Å². The van der Waals surface area contributed by atoms with Crippen molar-refractivity contribution in [1.82, 2.24) is 24.3 Å². The number of para-hydroxylation sites is 2. The molecule has 5 rings (SSSR count). The third kappa shape index (κ3) is 3.98. The maximum Gasteiger partial charge on any atom is 0.320 e. The van der Waals surface area contributed by atoms with Crippen molar-refractivity contribution < 1.29 is 8.78 Å². The van der Waals surface area contributed by atoms with Crippen LogP contribution in [0.25, 0.3) is 21.7 Å². The Labute approximate surface area is 185 Å². The molecule has 0 aliphatic heterocycles. The molecular weight excluding hydrogens is 436 g/mol. The van der Waals surface area contributed by atoms with Gasteiger partial charge < -0.3 is 0 Å². The number of aromatic nitrogens is 5. The van der Waals surface area contributed by atoms with Gasteiger partial charge in [-0.05, 0) is 29.1 Å². The first-order valence-corrected chi connectivity index (χ1v) is 11.4. The average molecular weight is 454 g/mol. The van der Waals surface area contributed by atoms with Gasteiger partial charge in [0.05, 0.1) is 28.2 Å². The largest absolute Gasteiger partial charge is 0.320 e. The van der Waals surface area contributed by atoms with Crippen LogP contribution in [0.1, 0.15) is 17.9 Å². The van der Waals surface area contributed by atoms with E-state index >= 15 is 0 Å². The Morgan fingerprint density at radius 3 is 2.52 bits per heavy atom. The summed E-state index contributed by atoms with van der Waals surface area (Å²) in [6, 6.07) is 21.0. The zero-order valence-corrected chi connectivity index (χ0v) is 17.9. The Hall–Kier alpha value is -3.04. The molecule has 2 aromatic carbocycles. The predicted molar refractivity (Wildman–Crippen MR) is 119 cm³/mol. The van der Waals surface area contributed by atoms with Gasteiger partial charge in [-0.25, -0.2) is 4.98 Å². The molecule has 0 saturated carbocycles. The molecule has 0 spiro atoms. The maximum absolute atomic E-state index is 13.8. The molecular formula is C22H17F2N5S2. The molecule has 0 amide bonds. The van der Waals surface area contributed by atoms with Crippen molar-refractivity contribution in [2.75, 3.05) is 0 Å². The van der Waals surface area contributed by atoms with Crippen LogP contribution in [0.5, 0.6) is 0 Å². The zero-order chi connectivity index (χ0) is 21.2. The molecule has 0 atom stereocenters. The summed E-state index contributed by atoms with van der Waals surface area (Å²) in [6.45, 7) is -2.07. The summed E-state index contributed by atoms with van der Waals surface area (Å²) in [7, 11) is 0. The highest BCUT2D eigenvalue weighted by molar-refractivity contribution is 7.98. The summed E-state index contributed by atoms with van der Waals surface area (Å²) < 4.78 is 30.5. The summed E-state index contributed by atoms with van der Waals surface area (Å²) in [6.07, 6.45) is 0. The van der Waals surface area contributed by atoms with Crippen LogP contribution in [0.2, 0.25) is 0 Å². The van der Waals surface area contributed by atoms with E-state index < -0.39 is 6.55 Å². The third-order valence-corrected chi connectivity index (χ3v) is 6.66. The minimum atomic E-state index is -2.66. The lowest BCUT2D eigenvalue weighted by atomic mass is 10.2. The number of thiophene rings is 1. The van der Waals surface area contributed by atoms with Crippen molar-refractivity contribution in [3.05, 3.63) is 83.5 Å². The number of alkyl halides is 2. The first-order valence-electron chi connectivity index (χ1n) is 9.58. The minimum Gasteiger partial charge on any atom is -0.297 e. The van der Waals surface area contributed by atoms with Crippen molar-refractivity contribution in [3.8, 4) is 10.7 Å². The van der Waals surface area contributed by atoms with Crippen molar-refractivity contribution in [1.29, 1.82) is 0 Å². The smallest absolute Gasteiger partial charge is 0.297 e. The fraction of sp³-hybridized carbons (Fsp3) is 0.136. The minimum absolute atomic E-state index is 0.260. The van der Waals surface area contributed by atoms with Gasteiger partial charge in [0.1, 0.15) is 5.82 Å². The molecule has 5 aromatic rings. The summed E-state index contributed by atoms with van der Waals surface area (Å²) in [4.78, 5) is 5.44. The predicted octanol–water partition coefficient (Wildman–Crippen LogP) is 6.09. The molecule has 0 radical (unpaired) electrons. The lowest BCUT2D eigenvalue weighted by Gasteiger charge is -2.10. The molecule has 156 valence electrons. The van der Waals surface area contributed by atoms with Crippen molar-refractivity contribution in [3.63, 3.8) is 0 Å². The first-order chi connectivity index (χ1) is 15.2. The van der Waals surface area contributed by atoms with E-state index in [0.29, 0.717) is 28.6 Å². The van der Waals surface area contributed by atoms with E-state index in [1.165, 1.54) is 11.8 Å². The Balaban J connectivity index is 1.49. The highest BCUT2D eigenvalue weighted by Crippen LogP contribution is 2.31. The third-order valence-electron chi connectivity index (χ3n) is 4.84. The van der Waals surface area contributed by atoms with Gasteiger partial charge in [0.25, 0.3) is 0 Å². The van der Waals surface area contributed by atoms with Crippen LogP contribution >= 0.6 is 23.1 Å². The molecule has 0 aliphatic carbocycles. The van der Waals surface area contributed by atoms with Crippen molar-refractivity contribution in [2.45, 2.75) is 24.0 Å². The van der Waals surface area contributed by atoms with Gasteiger partial charge in [-0.3, -0.25) is 9.13 Å². The standard InChI is InChI=1S/C22H17F2N5S2/c23-21(24)29-17-10-5-4-9-16(17)25-19(29)14-31-22-27-26-20(18-11-6-12-30-18)28(22)13-15-7-2-1-3-8-15/h1-12,21H,13-14H2. The van der Waals surface area contributed by atoms with Crippen LogP contribution in [0.3, 0.4) is 0 Å². The maximum atomic E-state index is 13.8. The molecule has 0 bridgehead atoms. The SMILES string of the molecule is FC(F)n1c(CSc2nnc(-c3cccs3)n2Cc2ccccc2)nc2ccccc21. The number of imidazole rings is 1. The second-order valence-corrected chi connectivity index (χ2v) is 8.70. The van der Waals surface area contributed by atoms with Gasteiger partial charge >= 0.3 is 6.55 Å². The molecule has 3 heterocycles. The summed E-state index contributed by atoms with van der Waals surface area (Å²) in [5.41, 5.74) is 2.10. The summed E-state index contributed by atoms with van der Waals surface area (Å²) in [5.74, 6) is 1.34. The normalized spacial score (nSPS) is 11.6. The van der Waals surface area contributed by atoms with Gasteiger partial charge in [-0.15, -0.1) is 21.5 Å². The van der Waals surface area contributed by atoms with Gasteiger partial charge in [0, 0.05) is 0 Å². The number of rotatable bonds is 7. The second-order valence-electron chi connectivity index (χ2n) is 6.81. The van der Waals surface area contributed by atoms with Crippen molar-refractivity contribution >= 4 is 34.1 Å². The molecule has 0 N–H and O–H groups in total. The van der Waals surface area contributed by atoms with Crippen LogP contribution in [0.4, 0.5) is 8.78 Å². The van der Waals surface area contributed by atoms with E-state index in [1.807, 2.05) is 52.4 Å². The van der Waals surface area contributed by atoms with Crippen LogP contribution < -0.4 is 0 Å². The Kier molecular flexibility index (Phi) is 5.52. The second kappa shape index (κ2) is 8.60. The lowest BCUT2D eigenvalue weighted by Crippen LogP contribution is -2.06. The lowest BCUT2D eigenvalue weighted by molar-refractivity contribution is 0.0722. The van der Waals surface area contributed by atoms with Gasteiger partial charge in [-0.1, -0.05) is 60.3 Å². The van der Waals surface area contributed by atoms with Crippen molar-refractivity contribution in [2.24, 2.45) is 0 Å². The topological polar surface area (TPSA) is 48.5 Å². The van der Waals surface area contributed by atoms with Crippen LogP contribution in [-0.4, -0.2) is 24.3 Å². The van der Waals surface area contributed by atoms with E-state index in [4.69, 9.17) is 0 Å². The fourth-order valence-corrected chi connectivity index (χ4v) is 5.02. The number of hydrogen-bond donors (Lipinski definition) is 0. The number of fused-ring (bicyclic) bond motifs is 1. The number of halogens is 2. The molecule has 0 saturated heterocycles.